The van der Waals surface area contributed by atoms with Crippen LogP contribution in [0.4, 0.5) is 17.6 Å². The zero-order chi connectivity index (χ0) is 10.9. The highest BCUT2D eigenvalue weighted by Crippen LogP contribution is 2.33. The molecule has 0 fully saturated rings. The molecular weight excluding hydrogens is 198 g/mol. The van der Waals surface area contributed by atoms with Crippen molar-refractivity contribution in [1.82, 2.24) is 0 Å². The quantitative estimate of drug-likeness (QED) is 0.704. The Kier molecular flexibility index (Phi) is 2.80. The summed E-state index contributed by atoms with van der Waals surface area (Å²) < 4.78 is 49.9. The molecule has 0 bridgehead atoms. The minimum absolute atomic E-state index is 0.125. The molecule has 0 aliphatic rings. The van der Waals surface area contributed by atoms with Gasteiger partial charge in [-0.15, -0.1) is 0 Å². The van der Waals surface area contributed by atoms with Crippen molar-refractivity contribution in [3.63, 3.8) is 0 Å². The molecule has 1 nitrogen and oxygen atoms in total. The number of rotatable bonds is 1. The zero-order valence-electron chi connectivity index (χ0n) is 7.40. The van der Waals surface area contributed by atoms with Crippen LogP contribution in [0.25, 0.3) is 0 Å². The maximum Gasteiger partial charge on any atom is 0.419 e. The number of hydrogen-bond acceptors (Lipinski definition) is 1. The lowest BCUT2D eigenvalue weighted by molar-refractivity contribution is -0.140. The van der Waals surface area contributed by atoms with Gasteiger partial charge in [-0.25, -0.2) is 4.39 Å². The van der Waals surface area contributed by atoms with Crippen LogP contribution in [0.1, 0.15) is 24.1 Å². The van der Waals surface area contributed by atoms with Crippen molar-refractivity contribution in [3.05, 3.63) is 35.1 Å². The largest absolute Gasteiger partial charge is 0.419 e. The van der Waals surface area contributed by atoms with Crippen LogP contribution in [-0.2, 0) is 6.18 Å². The van der Waals surface area contributed by atoms with Gasteiger partial charge < -0.3 is 5.73 Å². The average molecular weight is 207 g/mol. The maximum atomic E-state index is 13.2. The predicted octanol–water partition coefficient (Wildman–Crippen LogP) is 2.86. The molecule has 0 amide bonds. The molecule has 0 radical (unpaired) electrons. The predicted molar refractivity (Wildman–Crippen MR) is 44.0 cm³/mol. The monoisotopic (exact) mass is 207 g/mol. The molecule has 0 aromatic heterocycles. The van der Waals surface area contributed by atoms with Crippen LogP contribution in [-0.4, -0.2) is 0 Å². The SMILES string of the molecule is C[C@@H](N)c1cccc(C(F)(F)F)c1F. The van der Waals surface area contributed by atoms with Gasteiger partial charge in [0.15, 0.2) is 0 Å². The molecule has 1 rings (SSSR count). The first-order chi connectivity index (χ1) is 6.34. The Hall–Kier alpha value is -1.10. The number of halogens is 4. The topological polar surface area (TPSA) is 26.0 Å². The third-order valence-electron chi connectivity index (χ3n) is 1.82. The number of benzene rings is 1. The van der Waals surface area contributed by atoms with E-state index in [0.29, 0.717) is 6.07 Å². The molecule has 0 heterocycles. The summed E-state index contributed by atoms with van der Waals surface area (Å²) in [6, 6.07) is 2.33. The van der Waals surface area contributed by atoms with Gasteiger partial charge in [0.2, 0.25) is 0 Å². The summed E-state index contributed by atoms with van der Waals surface area (Å²) >= 11 is 0. The lowest BCUT2D eigenvalue weighted by atomic mass is 10.0. The molecule has 78 valence electrons. The van der Waals surface area contributed by atoms with E-state index in [4.69, 9.17) is 5.73 Å². The summed E-state index contributed by atoms with van der Waals surface area (Å²) in [7, 11) is 0. The fourth-order valence-corrected chi connectivity index (χ4v) is 1.12. The highest BCUT2D eigenvalue weighted by molar-refractivity contribution is 5.29. The van der Waals surface area contributed by atoms with E-state index >= 15 is 0 Å². The highest BCUT2D eigenvalue weighted by Gasteiger charge is 2.34. The minimum atomic E-state index is -4.67. The van der Waals surface area contributed by atoms with Crippen LogP contribution < -0.4 is 5.73 Å². The second-order valence-corrected chi connectivity index (χ2v) is 3.00. The van der Waals surface area contributed by atoms with Crippen LogP contribution in [0, 0.1) is 5.82 Å². The van der Waals surface area contributed by atoms with Crippen LogP contribution in [0.2, 0.25) is 0 Å². The number of alkyl halides is 3. The van der Waals surface area contributed by atoms with E-state index in [0.717, 1.165) is 6.07 Å². The van der Waals surface area contributed by atoms with Crippen molar-refractivity contribution >= 4 is 0 Å². The third-order valence-corrected chi connectivity index (χ3v) is 1.82. The second-order valence-electron chi connectivity index (χ2n) is 3.00. The van der Waals surface area contributed by atoms with Crippen molar-refractivity contribution in [2.75, 3.05) is 0 Å². The second kappa shape index (κ2) is 3.57. The van der Waals surface area contributed by atoms with E-state index in [2.05, 4.69) is 0 Å². The lowest BCUT2D eigenvalue weighted by Gasteiger charge is -2.12. The fraction of sp³-hybridized carbons (Fsp3) is 0.333. The van der Waals surface area contributed by atoms with E-state index in [1.54, 1.807) is 0 Å². The van der Waals surface area contributed by atoms with E-state index in [9.17, 15) is 17.6 Å². The van der Waals surface area contributed by atoms with Gasteiger partial charge in [0.1, 0.15) is 5.82 Å². The van der Waals surface area contributed by atoms with E-state index < -0.39 is 23.6 Å². The van der Waals surface area contributed by atoms with Crippen molar-refractivity contribution in [2.24, 2.45) is 5.73 Å². The molecule has 0 unspecified atom stereocenters. The number of hydrogen-bond donors (Lipinski definition) is 1. The average Bonchev–Trinajstić information content (AvgIpc) is 2.01. The van der Waals surface area contributed by atoms with E-state index in [1.807, 2.05) is 0 Å². The first kappa shape index (κ1) is 11.0. The summed E-state index contributed by atoms with van der Waals surface area (Å²) in [5, 5.41) is 0. The molecule has 1 atom stereocenters. The summed E-state index contributed by atoms with van der Waals surface area (Å²) in [5.74, 6) is -1.28. The smallest absolute Gasteiger partial charge is 0.324 e. The molecule has 14 heavy (non-hydrogen) atoms. The highest BCUT2D eigenvalue weighted by atomic mass is 19.4. The van der Waals surface area contributed by atoms with Gasteiger partial charge in [0.25, 0.3) is 0 Å². The summed E-state index contributed by atoms with van der Waals surface area (Å²) in [6.07, 6.45) is -4.67. The molecule has 1 aromatic carbocycles. The maximum absolute atomic E-state index is 13.2. The van der Waals surface area contributed by atoms with Gasteiger partial charge in [-0.3, -0.25) is 0 Å². The molecule has 0 saturated carbocycles. The van der Waals surface area contributed by atoms with Crippen molar-refractivity contribution in [3.8, 4) is 0 Å². The third kappa shape index (κ3) is 2.04. The molecular formula is C9H9F4N. The van der Waals surface area contributed by atoms with E-state index in [1.165, 1.54) is 13.0 Å². The molecule has 0 aliphatic heterocycles. The molecule has 2 N–H and O–H groups in total. The first-order valence-electron chi connectivity index (χ1n) is 3.95. The van der Waals surface area contributed by atoms with Crippen LogP contribution in [0.5, 0.6) is 0 Å². The molecule has 0 aliphatic carbocycles. The van der Waals surface area contributed by atoms with Crippen molar-refractivity contribution < 1.29 is 17.6 Å². The minimum Gasteiger partial charge on any atom is -0.324 e. The summed E-state index contributed by atoms with van der Waals surface area (Å²) in [4.78, 5) is 0. The standard InChI is InChI=1S/C9H9F4N/c1-5(14)6-3-2-4-7(8(6)10)9(11,12)13/h2-5H,14H2,1H3/t5-/m1/s1. The first-order valence-corrected chi connectivity index (χ1v) is 3.95. The molecule has 5 heteroatoms. The Morgan fingerprint density at radius 1 is 1.29 bits per heavy atom. The summed E-state index contributed by atoms with van der Waals surface area (Å²) in [6.45, 7) is 1.43. The Balaban J connectivity index is 3.28. The van der Waals surface area contributed by atoms with Crippen LogP contribution in [0.3, 0.4) is 0 Å². The Morgan fingerprint density at radius 3 is 2.29 bits per heavy atom. The molecule has 0 spiro atoms. The van der Waals surface area contributed by atoms with E-state index in [-0.39, 0.29) is 5.56 Å². The van der Waals surface area contributed by atoms with Gasteiger partial charge in [0.05, 0.1) is 5.56 Å². The Bertz CT molecular complexity index is 330. The normalized spacial score (nSPS) is 14.1. The van der Waals surface area contributed by atoms with Gasteiger partial charge in [-0.05, 0) is 13.0 Å². The summed E-state index contributed by atoms with van der Waals surface area (Å²) in [5.41, 5.74) is 3.92. The van der Waals surface area contributed by atoms with Gasteiger partial charge in [-0.2, -0.15) is 13.2 Å². The molecule has 1 aromatic rings. The van der Waals surface area contributed by atoms with Gasteiger partial charge in [-0.1, -0.05) is 12.1 Å². The lowest BCUT2D eigenvalue weighted by Crippen LogP contribution is -2.14. The van der Waals surface area contributed by atoms with Crippen molar-refractivity contribution in [1.29, 1.82) is 0 Å². The Labute approximate surface area is 78.5 Å². The van der Waals surface area contributed by atoms with Crippen molar-refractivity contribution in [2.45, 2.75) is 19.1 Å². The zero-order valence-corrected chi connectivity index (χ0v) is 7.40. The molecule has 0 saturated heterocycles. The van der Waals surface area contributed by atoms with Crippen LogP contribution >= 0.6 is 0 Å². The van der Waals surface area contributed by atoms with Gasteiger partial charge in [0, 0.05) is 11.6 Å². The van der Waals surface area contributed by atoms with Gasteiger partial charge >= 0.3 is 6.18 Å². The number of nitrogens with two attached hydrogens (primary N) is 1. The Morgan fingerprint density at radius 2 is 1.86 bits per heavy atom. The van der Waals surface area contributed by atoms with Crippen LogP contribution in [0.15, 0.2) is 18.2 Å². The fourth-order valence-electron chi connectivity index (χ4n) is 1.12.